The van der Waals surface area contributed by atoms with Crippen LogP contribution in [-0.2, 0) is 4.79 Å². The number of anilines is 1. The van der Waals surface area contributed by atoms with Gasteiger partial charge in [0, 0.05) is 59.1 Å². The zero-order valence-electron chi connectivity index (χ0n) is 17.2. The number of hydrogen-bond acceptors (Lipinski definition) is 4. The first kappa shape index (κ1) is 21.3. The molecule has 5 nitrogen and oxygen atoms in total. The standard InChI is InChI=1S/C23H23ClF2N4O/c1-3-15-12-29(7-8-30(15)22(31)4-2)23-18-10-19(24)17(11-21(18)27-13-28-23)16-6-5-14(25)9-20(16)26/h4-6,9-11,15,27H,2-3,7-8,12-13H2,1H3/t15-/m0/s1. The maximum atomic E-state index is 14.3. The van der Waals surface area contributed by atoms with Gasteiger partial charge < -0.3 is 15.1 Å². The first-order chi connectivity index (χ1) is 14.9. The van der Waals surface area contributed by atoms with Crippen LogP contribution in [0.25, 0.3) is 11.1 Å². The number of amides is 1. The summed E-state index contributed by atoms with van der Waals surface area (Å²) in [6, 6.07) is 7.05. The molecule has 0 radical (unpaired) electrons. The molecule has 2 aliphatic rings. The van der Waals surface area contributed by atoms with Crippen LogP contribution in [0.4, 0.5) is 14.5 Å². The number of fused-ring (bicyclic) bond motifs is 1. The summed E-state index contributed by atoms with van der Waals surface area (Å²) in [5.74, 6) is -0.568. The van der Waals surface area contributed by atoms with Crippen molar-refractivity contribution >= 4 is 29.0 Å². The predicted molar refractivity (Wildman–Crippen MR) is 119 cm³/mol. The second-order valence-electron chi connectivity index (χ2n) is 7.56. The number of piperazine rings is 1. The monoisotopic (exact) mass is 444 g/mol. The van der Waals surface area contributed by atoms with Gasteiger partial charge in [0.25, 0.3) is 0 Å². The highest BCUT2D eigenvalue weighted by molar-refractivity contribution is 6.34. The second-order valence-corrected chi connectivity index (χ2v) is 7.97. The van der Waals surface area contributed by atoms with Crippen molar-refractivity contribution in [3.8, 4) is 11.1 Å². The van der Waals surface area contributed by atoms with E-state index in [-0.39, 0.29) is 17.5 Å². The van der Waals surface area contributed by atoms with E-state index in [9.17, 15) is 13.6 Å². The summed E-state index contributed by atoms with van der Waals surface area (Å²) in [5, 5.41) is 3.57. The average Bonchev–Trinajstić information content (AvgIpc) is 2.77. The van der Waals surface area contributed by atoms with Gasteiger partial charge in [-0.1, -0.05) is 25.1 Å². The van der Waals surface area contributed by atoms with Crippen molar-refractivity contribution in [1.82, 2.24) is 9.80 Å². The molecule has 4 rings (SSSR count). The van der Waals surface area contributed by atoms with Crippen molar-refractivity contribution in [2.75, 3.05) is 31.6 Å². The van der Waals surface area contributed by atoms with Gasteiger partial charge in [0.05, 0.1) is 0 Å². The molecular weight excluding hydrogens is 422 g/mol. The number of benzene rings is 2. The second kappa shape index (κ2) is 8.67. The molecule has 1 fully saturated rings. The summed E-state index contributed by atoms with van der Waals surface area (Å²) in [6.07, 6.45) is 2.17. The van der Waals surface area contributed by atoms with Crippen molar-refractivity contribution in [1.29, 1.82) is 0 Å². The highest BCUT2D eigenvalue weighted by atomic mass is 35.5. The van der Waals surface area contributed by atoms with Crippen LogP contribution >= 0.6 is 11.6 Å². The van der Waals surface area contributed by atoms with Gasteiger partial charge in [-0.2, -0.15) is 0 Å². The van der Waals surface area contributed by atoms with Gasteiger partial charge in [0.15, 0.2) is 0 Å². The Labute approximate surface area is 185 Å². The summed E-state index contributed by atoms with van der Waals surface area (Å²) in [7, 11) is 0. The third-order valence-electron chi connectivity index (χ3n) is 5.78. The number of carbonyl (C=O) groups excluding carboxylic acids is 1. The van der Waals surface area contributed by atoms with E-state index in [0.29, 0.717) is 36.9 Å². The fourth-order valence-electron chi connectivity index (χ4n) is 4.18. The van der Waals surface area contributed by atoms with E-state index in [0.717, 1.165) is 29.6 Å². The molecule has 1 N–H and O–H groups in total. The van der Waals surface area contributed by atoms with Crippen LogP contribution < -0.4 is 5.32 Å². The number of nitrogens with zero attached hydrogens (tertiary/aromatic N) is 3. The van der Waals surface area contributed by atoms with Crippen LogP contribution in [0.5, 0.6) is 0 Å². The third kappa shape index (κ3) is 4.02. The number of halogens is 3. The molecular formula is C23H23ClF2N4O. The Morgan fingerprint density at radius 2 is 2.06 bits per heavy atom. The Kier molecular flexibility index (Phi) is 5.96. The zero-order chi connectivity index (χ0) is 22.1. The molecule has 8 heteroatoms. The lowest BCUT2D eigenvalue weighted by Gasteiger charge is -2.43. The fraction of sp³-hybridized carbons (Fsp3) is 0.304. The summed E-state index contributed by atoms with van der Waals surface area (Å²) < 4.78 is 27.7. The Balaban J connectivity index is 1.65. The van der Waals surface area contributed by atoms with Gasteiger partial charge in [-0.15, -0.1) is 0 Å². The first-order valence-electron chi connectivity index (χ1n) is 10.2. The van der Waals surface area contributed by atoms with E-state index in [1.807, 2.05) is 4.90 Å². The molecule has 0 aliphatic carbocycles. The van der Waals surface area contributed by atoms with Gasteiger partial charge >= 0.3 is 0 Å². The largest absolute Gasteiger partial charge is 0.366 e. The van der Waals surface area contributed by atoms with Gasteiger partial charge in [-0.05, 0) is 36.8 Å². The normalized spacial score (nSPS) is 18.2. The molecule has 162 valence electrons. The quantitative estimate of drug-likeness (QED) is 0.708. The minimum Gasteiger partial charge on any atom is -0.366 e. The highest BCUT2D eigenvalue weighted by Crippen LogP contribution is 2.36. The molecule has 0 unspecified atom stereocenters. The van der Waals surface area contributed by atoms with Crippen LogP contribution in [0, 0.1) is 11.6 Å². The molecule has 2 aromatic carbocycles. The number of carbonyl (C=O) groups is 1. The van der Waals surface area contributed by atoms with Crippen LogP contribution in [0.2, 0.25) is 5.02 Å². The van der Waals surface area contributed by atoms with E-state index in [1.54, 1.807) is 12.1 Å². The molecule has 2 aliphatic heterocycles. The minimum absolute atomic E-state index is 0.0586. The smallest absolute Gasteiger partial charge is 0.246 e. The molecule has 2 heterocycles. The van der Waals surface area contributed by atoms with Crippen molar-refractivity contribution in [2.45, 2.75) is 19.4 Å². The Morgan fingerprint density at radius 1 is 1.26 bits per heavy atom. The molecule has 1 saturated heterocycles. The van der Waals surface area contributed by atoms with Gasteiger partial charge in [-0.25, -0.2) is 13.8 Å². The number of rotatable bonds is 3. The van der Waals surface area contributed by atoms with Gasteiger partial charge in [0.1, 0.15) is 24.1 Å². The lowest BCUT2D eigenvalue weighted by molar-refractivity contribution is -0.130. The number of aliphatic imine (C=N–C) groups is 1. The van der Waals surface area contributed by atoms with E-state index in [1.165, 1.54) is 18.2 Å². The van der Waals surface area contributed by atoms with E-state index in [4.69, 9.17) is 11.6 Å². The fourth-order valence-corrected chi connectivity index (χ4v) is 4.44. The van der Waals surface area contributed by atoms with Crippen molar-refractivity contribution in [3.63, 3.8) is 0 Å². The Bertz CT molecular complexity index is 1070. The molecule has 0 bridgehead atoms. The first-order valence-corrected chi connectivity index (χ1v) is 10.6. The number of hydrogen-bond donors (Lipinski definition) is 1. The lowest BCUT2D eigenvalue weighted by Crippen LogP contribution is -2.56. The van der Waals surface area contributed by atoms with Crippen LogP contribution in [0.15, 0.2) is 48.0 Å². The highest BCUT2D eigenvalue weighted by Gasteiger charge is 2.31. The summed E-state index contributed by atoms with van der Waals surface area (Å²) >= 11 is 6.53. The maximum Gasteiger partial charge on any atom is 0.246 e. The van der Waals surface area contributed by atoms with Crippen molar-refractivity contribution < 1.29 is 13.6 Å². The summed E-state index contributed by atoms with van der Waals surface area (Å²) in [5.41, 5.74) is 2.33. The van der Waals surface area contributed by atoms with Crippen molar-refractivity contribution in [3.05, 3.63) is 65.2 Å². The molecule has 31 heavy (non-hydrogen) atoms. The van der Waals surface area contributed by atoms with Crippen molar-refractivity contribution in [2.24, 2.45) is 4.99 Å². The Hall–Kier alpha value is -2.93. The van der Waals surface area contributed by atoms with Crippen LogP contribution in [-0.4, -0.2) is 53.9 Å². The molecule has 2 aromatic rings. The zero-order valence-corrected chi connectivity index (χ0v) is 17.9. The molecule has 0 spiro atoms. The molecule has 1 amide bonds. The third-order valence-corrected chi connectivity index (χ3v) is 6.09. The number of nitrogens with one attached hydrogen (secondary N) is 1. The van der Waals surface area contributed by atoms with E-state index < -0.39 is 11.6 Å². The summed E-state index contributed by atoms with van der Waals surface area (Å²) in [4.78, 5) is 20.8. The average molecular weight is 445 g/mol. The van der Waals surface area contributed by atoms with E-state index >= 15 is 0 Å². The van der Waals surface area contributed by atoms with E-state index in [2.05, 4.69) is 28.7 Å². The van der Waals surface area contributed by atoms with Gasteiger partial charge in [0.2, 0.25) is 5.91 Å². The predicted octanol–water partition coefficient (Wildman–Crippen LogP) is 4.52. The topological polar surface area (TPSA) is 47.9 Å². The SMILES string of the molecule is C=CC(=O)N1CCN(C2=NCNc3cc(-c4ccc(F)cc4F)c(Cl)cc32)C[C@@H]1CC. The lowest BCUT2D eigenvalue weighted by atomic mass is 9.99. The van der Waals surface area contributed by atoms with Gasteiger partial charge in [-0.3, -0.25) is 4.79 Å². The summed E-state index contributed by atoms with van der Waals surface area (Å²) in [6.45, 7) is 7.90. The van der Waals surface area contributed by atoms with Crippen LogP contribution in [0.3, 0.4) is 0 Å². The number of amidine groups is 1. The molecule has 0 saturated carbocycles. The minimum atomic E-state index is -0.666. The molecule has 1 atom stereocenters. The Morgan fingerprint density at radius 3 is 2.77 bits per heavy atom. The van der Waals surface area contributed by atoms with Crippen LogP contribution in [0.1, 0.15) is 18.9 Å². The molecule has 0 aromatic heterocycles. The maximum absolute atomic E-state index is 14.3.